The minimum atomic E-state index is 0.219. The highest BCUT2D eigenvalue weighted by Crippen LogP contribution is 2.32. The molecule has 3 nitrogen and oxygen atoms in total. The van der Waals surface area contributed by atoms with E-state index < -0.39 is 0 Å². The van der Waals surface area contributed by atoms with Crippen LogP contribution in [0.5, 0.6) is 0 Å². The second-order valence-corrected chi connectivity index (χ2v) is 6.56. The van der Waals surface area contributed by atoms with Gasteiger partial charge in [-0.15, -0.1) is 11.3 Å². The molecule has 0 amide bonds. The number of aryl methyl sites for hydroxylation is 1. The number of nitrogens with two attached hydrogens (primary N) is 1. The summed E-state index contributed by atoms with van der Waals surface area (Å²) < 4.78 is 3.09. The second kappa shape index (κ2) is 5.11. The highest BCUT2D eigenvalue weighted by molar-refractivity contribution is 7.16. The van der Waals surface area contributed by atoms with E-state index in [-0.39, 0.29) is 6.04 Å². The normalized spacial score (nSPS) is 12.9. The average Bonchev–Trinajstić information content (AvgIpc) is 3.00. The molecule has 0 spiro atoms. The van der Waals surface area contributed by atoms with E-state index in [1.807, 2.05) is 24.3 Å². The Bertz CT molecular complexity index is 760. The summed E-state index contributed by atoms with van der Waals surface area (Å²) in [4.78, 5) is 5.94. The highest BCUT2D eigenvalue weighted by Gasteiger charge is 2.17. The Hall–Kier alpha value is -1.52. The monoisotopic (exact) mass is 305 g/mol. The minimum Gasteiger partial charge on any atom is -0.399 e. The lowest BCUT2D eigenvalue weighted by Gasteiger charge is -2.16. The number of halogens is 1. The molecule has 2 N–H and O–H groups in total. The Labute approximate surface area is 127 Å². The van der Waals surface area contributed by atoms with Crippen LogP contribution in [0.4, 0.5) is 5.69 Å². The van der Waals surface area contributed by atoms with Crippen molar-refractivity contribution in [1.29, 1.82) is 0 Å². The number of benzene rings is 1. The highest BCUT2D eigenvalue weighted by atomic mass is 35.5. The first-order chi connectivity index (χ1) is 9.60. The molecule has 0 saturated carbocycles. The molecule has 104 valence electrons. The van der Waals surface area contributed by atoms with Gasteiger partial charge in [0, 0.05) is 17.0 Å². The molecule has 2 aromatic heterocycles. The van der Waals surface area contributed by atoms with Crippen LogP contribution in [0, 0.1) is 0 Å². The van der Waals surface area contributed by atoms with Crippen molar-refractivity contribution in [2.24, 2.45) is 0 Å². The zero-order chi connectivity index (χ0) is 14.3. The van der Waals surface area contributed by atoms with Gasteiger partial charge >= 0.3 is 0 Å². The van der Waals surface area contributed by atoms with Gasteiger partial charge in [0.1, 0.15) is 5.82 Å². The van der Waals surface area contributed by atoms with Crippen molar-refractivity contribution < 1.29 is 0 Å². The summed E-state index contributed by atoms with van der Waals surface area (Å²) in [6.07, 6.45) is 0.887. The maximum absolute atomic E-state index is 6.06. The number of hydrogen-bond donors (Lipinski definition) is 1. The summed E-state index contributed by atoms with van der Waals surface area (Å²) >= 11 is 7.67. The SMILES string of the molecule is CCc1nc2cc(N)ccc2n1C(C)c1ccc(Cl)s1. The number of nitrogen functional groups attached to an aromatic ring is 1. The molecule has 1 aromatic carbocycles. The molecule has 1 unspecified atom stereocenters. The number of imidazole rings is 1. The molecule has 3 aromatic rings. The minimum absolute atomic E-state index is 0.219. The van der Waals surface area contributed by atoms with Crippen LogP contribution in [0.15, 0.2) is 30.3 Å². The smallest absolute Gasteiger partial charge is 0.110 e. The first kappa shape index (κ1) is 13.5. The maximum atomic E-state index is 6.06. The van der Waals surface area contributed by atoms with Crippen LogP contribution in [-0.4, -0.2) is 9.55 Å². The molecule has 0 aliphatic heterocycles. The Balaban J connectivity index is 2.18. The Morgan fingerprint density at radius 3 is 2.80 bits per heavy atom. The first-order valence-electron chi connectivity index (χ1n) is 6.61. The van der Waals surface area contributed by atoms with Crippen molar-refractivity contribution in [3.63, 3.8) is 0 Å². The van der Waals surface area contributed by atoms with Crippen LogP contribution >= 0.6 is 22.9 Å². The van der Waals surface area contributed by atoms with E-state index in [2.05, 4.69) is 24.5 Å². The fourth-order valence-electron chi connectivity index (χ4n) is 2.53. The van der Waals surface area contributed by atoms with E-state index >= 15 is 0 Å². The van der Waals surface area contributed by atoms with E-state index in [1.54, 1.807) is 11.3 Å². The summed E-state index contributed by atoms with van der Waals surface area (Å²) in [5.74, 6) is 1.07. The molecule has 0 bridgehead atoms. The summed E-state index contributed by atoms with van der Waals surface area (Å²) in [6.45, 7) is 4.30. The van der Waals surface area contributed by atoms with Gasteiger partial charge in [-0.25, -0.2) is 4.98 Å². The van der Waals surface area contributed by atoms with Crippen LogP contribution < -0.4 is 5.73 Å². The number of nitrogens with zero attached hydrogens (tertiary/aromatic N) is 2. The number of aromatic nitrogens is 2. The lowest BCUT2D eigenvalue weighted by Crippen LogP contribution is -2.08. The van der Waals surface area contributed by atoms with Gasteiger partial charge in [0.15, 0.2) is 0 Å². The van der Waals surface area contributed by atoms with Gasteiger partial charge in [0.2, 0.25) is 0 Å². The zero-order valence-electron chi connectivity index (χ0n) is 11.4. The third-order valence-corrected chi connectivity index (χ3v) is 4.90. The summed E-state index contributed by atoms with van der Waals surface area (Å²) in [5, 5.41) is 0. The molecular weight excluding hydrogens is 290 g/mol. The molecule has 5 heteroatoms. The predicted octanol–water partition coefficient (Wildman–Crippen LogP) is 4.51. The molecule has 2 heterocycles. The third-order valence-electron chi connectivity index (χ3n) is 3.50. The van der Waals surface area contributed by atoms with Gasteiger partial charge < -0.3 is 10.3 Å². The van der Waals surface area contributed by atoms with E-state index in [9.17, 15) is 0 Å². The van der Waals surface area contributed by atoms with Crippen molar-refractivity contribution in [3.05, 3.63) is 45.4 Å². The van der Waals surface area contributed by atoms with Gasteiger partial charge in [-0.05, 0) is 37.3 Å². The molecular formula is C15H16ClN3S. The molecule has 0 fully saturated rings. The summed E-state index contributed by atoms with van der Waals surface area (Å²) in [6, 6.07) is 10.1. The van der Waals surface area contributed by atoms with Gasteiger partial charge in [-0.2, -0.15) is 0 Å². The topological polar surface area (TPSA) is 43.8 Å². The average molecular weight is 306 g/mol. The lowest BCUT2D eigenvalue weighted by molar-refractivity contribution is 0.632. The number of thiophene rings is 1. The molecule has 1 atom stereocenters. The van der Waals surface area contributed by atoms with Crippen molar-refractivity contribution >= 4 is 39.7 Å². The largest absolute Gasteiger partial charge is 0.399 e. The van der Waals surface area contributed by atoms with Crippen LogP contribution in [0.3, 0.4) is 0 Å². The quantitative estimate of drug-likeness (QED) is 0.724. The summed E-state index contributed by atoms with van der Waals surface area (Å²) in [5.41, 5.74) is 8.67. The van der Waals surface area contributed by atoms with Crippen molar-refractivity contribution in [2.75, 3.05) is 5.73 Å². The number of anilines is 1. The molecule has 0 aliphatic carbocycles. The lowest BCUT2D eigenvalue weighted by atomic mass is 10.2. The van der Waals surface area contributed by atoms with Crippen molar-refractivity contribution in [1.82, 2.24) is 9.55 Å². The Morgan fingerprint density at radius 2 is 2.15 bits per heavy atom. The van der Waals surface area contributed by atoms with Crippen LogP contribution in [-0.2, 0) is 6.42 Å². The second-order valence-electron chi connectivity index (χ2n) is 4.82. The number of rotatable bonds is 3. The van der Waals surface area contributed by atoms with E-state index in [1.165, 1.54) is 4.88 Å². The van der Waals surface area contributed by atoms with E-state index in [4.69, 9.17) is 22.3 Å². The molecule has 0 saturated heterocycles. The first-order valence-corrected chi connectivity index (χ1v) is 7.81. The van der Waals surface area contributed by atoms with Crippen LogP contribution in [0.1, 0.15) is 30.6 Å². The van der Waals surface area contributed by atoms with Gasteiger partial charge in [0.25, 0.3) is 0 Å². The Kier molecular flexibility index (Phi) is 3.44. The van der Waals surface area contributed by atoms with Crippen molar-refractivity contribution in [3.8, 4) is 0 Å². The molecule has 20 heavy (non-hydrogen) atoms. The van der Waals surface area contributed by atoms with Gasteiger partial charge in [-0.1, -0.05) is 18.5 Å². The maximum Gasteiger partial charge on any atom is 0.110 e. The predicted molar refractivity (Wildman–Crippen MR) is 86.7 cm³/mol. The van der Waals surface area contributed by atoms with E-state index in [0.717, 1.165) is 33.3 Å². The third kappa shape index (κ3) is 2.19. The fourth-order valence-corrected chi connectivity index (χ4v) is 3.63. The number of hydrogen-bond acceptors (Lipinski definition) is 3. The van der Waals surface area contributed by atoms with Crippen LogP contribution in [0.2, 0.25) is 4.34 Å². The fraction of sp³-hybridized carbons (Fsp3) is 0.267. The van der Waals surface area contributed by atoms with Crippen LogP contribution in [0.25, 0.3) is 11.0 Å². The molecule has 0 aliphatic rings. The standard InChI is InChI=1S/C15H16ClN3S/c1-3-15-18-11-8-10(17)4-5-12(11)19(15)9(2)13-6-7-14(16)20-13/h4-9H,3,17H2,1-2H3. The Morgan fingerprint density at radius 1 is 1.35 bits per heavy atom. The van der Waals surface area contributed by atoms with E-state index in [0.29, 0.717) is 0 Å². The molecule has 0 radical (unpaired) electrons. The number of fused-ring (bicyclic) bond motifs is 1. The van der Waals surface area contributed by atoms with Crippen molar-refractivity contribution in [2.45, 2.75) is 26.3 Å². The van der Waals surface area contributed by atoms with Gasteiger partial charge in [0.05, 0.1) is 21.4 Å². The summed E-state index contributed by atoms with van der Waals surface area (Å²) in [7, 11) is 0. The zero-order valence-corrected chi connectivity index (χ0v) is 13.0. The van der Waals surface area contributed by atoms with Gasteiger partial charge in [-0.3, -0.25) is 0 Å². The molecule has 3 rings (SSSR count).